The molecule has 3 aromatic carbocycles. The normalized spacial score (nSPS) is 18.6. The maximum atomic E-state index is 12.3. The highest BCUT2D eigenvalue weighted by molar-refractivity contribution is 7.68. The van der Waals surface area contributed by atoms with Crippen molar-refractivity contribution in [1.29, 1.82) is 0 Å². The zero-order chi connectivity index (χ0) is 20.6. The highest BCUT2D eigenvalue weighted by atomic mass is 31.1. The number of Topliss-reactive ketones (excluding diaryl/α,β-unsaturated/α-hetero) is 1. The van der Waals surface area contributed by atoms with Crippen LogP contribution < -0.4 is 5.30 Å². The van der Waals surface area contributed by atoms with E-state index in [-0.39, 0.29) is 5.16 Å². The third-order valence-electron chi connectivity index (χ3n) is 6.15. The zero-order valence-electron chi connectivity index (χ0n) is 17.8. The Balaban J connectivity index is 2.01. The van der Waals surface area contributed by atoms with Gasteiger partial charge in [-0.2, -0.15) is 0 Å². The van der Waals surface area contributed by atoms with Crippen LogP contribution >= 0.6 is 7.92 Å². The van der Waals surface area contributed by atoms with Gasteiger partial charge in [-0.1, -0.05) is 88.5 Å². The minimum absolute atomic E-state index is 0.0148. The Bertz CT molecular complexity index is 1000. The number of benzene rings is 3. The fourth-order valence-corrected chi connectivity index (χ4v) is 7.89. The number of rotatable bonds is 3. The molecule has 1 atom stereocenters. The number of carbonyl (C=O) groups is 1. The Kier molecular flexibility index (Phi) is 5.45. The average molecular weight is 401 g/mol. The molecule has 0 spiro atoms. The van der Waals surface area contributed by atoms with Crippen molar-refractivity contribution >= 4 is 19.0 Å². The largest absolute Gasteiger partial charge is 0.300 e. The molecule has 2 heteroatoms. The van der Waals surface area contributed by atoms with E-state index in [1.54, 1.807) is 0 Å². The molecule has 0 radical (unpaired) electrons. The van der Waals surface area contributed by atoms with E-state index in [0.717, 1.165) is 6.16 Å². The van der Waals surface area contributed by atoms with Crippen molar-refractivity contribution in [2.45, 2.75) is 45.7 Å². The minimum Gasteiger partial charge on any atom is -0.300 e. The number of hydrogen-bond acceptors (Lipinski definition) is 1. The maximum absolute atomic E-state index is 12.3. The predicted molar refractivity (Wildman–Crippen MR) is 127 cm³/mol. The highest BCUT2D eigenvalue weighted by Gasteiger charge is 2.39. The van der Waals surface area contributed by atoms with Crippen molar-refractivity contribution in [3.8, 4) is 22.3 Å². The molecule has 0 aromatic heterocycles. The SMILES string of the molecule is Cc1ccccc1-c1cccc(-c2ccccc2C)c1P1CCC(=O)CC1(C)C. The number of ketones is 1. The van der Waals surface area contributed by atoms with Crippen LogP contribution in [0.15, 0.2) is 66.7 Å². The van der Waals surface area contributed by atoms with E-state index < -0.39 is 7.92 Å². The van der Waals surface area contributed by atoms with E-state index in [2.05, 4.69) is 94.4 Å². The second-order valence-electron chi connectivity index (χ2n) is 8.76. The van der Waals surface area contributed by atoms with Gasteiger partial charge in [0.1, 0.15) is 5.78 Å². The van der Waals surface area contributed by atoms with E-state index in [1.165, 1.54) is 38.7 Å². The molecule has 1 saturated heterocycles. The Labute approximate surface area is 175 Å². The first-order chi connectivity index (χ1) is 13.9. The topological polar surface area (TPSA) is 17.1 Å². The predicted octanol–water partition coefficient (Wildman–Crippen LogP) is 6.89. The van der Waals surface area contributed by atoms with Gasteiger partial charge in [-0.3, -0.25) is 4.79 Å². The van der Waals surface area contributed by atoms with Crippen molar-refractivity contribution in [1.82, 2.24) is 0 Å². The van der Waals surface area contributed by atoms with Crippen LogP contribution in [0.5, 0.6) is 0 Å². The van der Waals surface area contributed by atoms with Crippen molar-refractivity contribution in [2.24, 2.45) is 0 Å². The van der Waals surface area contributed by atoms with Crippen LogP contribution in [0.25, 0.3) is 22.3 Å². The molecule has 0 bridgehead atoms. The van der Waals surface area contributed by atoms with Crippen LogP contribution in [0.1, 0.15) is 37.8 Å². The summed E-state index contributed by atoms with van der Waals surface area (Å²) >= 11 is 0. The molecule has 0 N–H and O–H groups in total. The van der Waals surface area contributed by atoms with Crippen molar-refractivity contribution in [2.75, 3.05) is 6.16 Å². The smallest absolute Gasteiger partial charge is 0.134 e. The van der Waals surface area contributed by atoms with Crippen molar-refractivity contribution in [3.05, 3.63) is 77.9 Å². The molecule has 1 unspecified atom stereocenters. The fraction of sp³-hybridized carbons (Fsp3) is 0.296. The van der Waals surface area contributed by atoms with Crippen LogP contribution in [0.4, 0.5) is 0 Å². The molecule has 3 aromatic rings. The Morgan fingerprint density at radius 2 is 1.21 bits per heavy atom. The van der Waals surface area contributed by atoms with Gasteiger partial charge in [0, 0.05) is 12.8 Å². The van der Waals surface area contributed by atoms with Gasteiger partial charge in [-0.25, -0.2) is 0 Å². The van der Waals surface area contributed by atoms with Crippen LogP contribution in [0.2, 0.25) is 0 Å². The van der Waals surface area contributed by atoms with Gasteiger partial charge >= 0.3 is 0 Å². The minimum atomic E-state index is -0.471. The Morgan fingerprint density at radius 1 is 0.724 bits per heavy atom. The molecule has 148 valence electrons. The molecule has 0 aliphatic carbocycles. The number of aryl methyl sites for hydroxylation is 2. The molecule has 1 aliphatic rings. The second-order valence-corrected chi connectivity index (χ2v) is 11.7. The lowest BCUT2D eigenvalue weighted by atomic mass is 9.94. The molecular weight excluding hydrogens is 371 g/mol. The first-order valence-electron chi connectivity index (χ1n) is 10.4. The summed E-state index contributed by atoms with van der Waals surface area (Å²) in [6.45, 7) is 8.99. The summed E-state index contributed by atoms with van der Waals surface area (Å²) in [5.74, 6) is 0.416. The quantitative estimate of drug-likeness (QED) is 0.438. The summed E-state index contributed by atoms with van der Waals surface area (Å²) in [5.41, 5.74) is 7.92. The molecule has 29 heavy (non-hydrogen) atoms. The molecule has 1 fully saturated rings. The van der Waals surface area contributed by atoms with Gasteiger partial charge in [-0.05, 0) is 63.9 Å². The van der Waals surface area contributed by atoms with Crippen LogP contribution in [-0.4, -0.2) is 17.1 Å². The van der Waals surface area contributed by atoms with Gasteiger partial charge in [0.15, 0.2) is 0 Å². The summed E-state index contributed by atoms with van der Waals surface area (Å²) < 4.78 is 0. The lowest BCUT2D eigenvalue weighted by molar-refractivity contribution is -0.119. The van der Waals surface area contributed by atoms with Crippen LogP contribution in [-0.2, 0) is 4.79 Å². The lowest BCUT2D eigenvalue weighted by Crippen LogP contribution is -2.34. The summed E-state index contributed by atoms with van der Waals surface area (Å²) in [7, 11) is -0.471. The molecule has 4 rings (SSSR count). The van der Waals surface area contributed by atoms with E-state index in [1.807, 2.05) is 0 Å². The average Bonchev–Trinajstić information content (AvgIpc) is 2.68. The number of carbonyl (C=O) groups excluding carboxylic acids is 1. The third-order valence-corrected chi connectivity index (χ3v) is 9.46. The number of hydrogen-bond donors (Lipinski definition) is 0. The van der Waals surface area contributed by atoms with Crippen LogP contribution in [0, 0.1) is 13.8 Å². The molecular formula is C27H29OP. The third kappa shape index (κ3) is 3.81. The van der Waals surface area contributed by atoms with E-state index >= 15 is 0 Å². The van der Waals surface area contributed by atoms with Gasteiger partial charge in [0.05, 0.1) is 0 Å². The summed E-state index contributed by atoms with van der Waals surface area (Å²) in [6, 6.07) is 24.1. The highest BCUT2D eigenvalue weighted by Crippen LogP contribution is 2.57. The molecule has 0 saturated carbocycles. The van der Waals surface area contributed by atoms with Crippen molar-refractivity contribution in [3.63, 3.8) is 0 Å². The Hall–Kier alpha value is -2.24. The fourth-order valence-electron chi connectivity index (χ4n) is 4.64. The Morgan fingerprint density at radius 3 is 1.69 bits per heavy atom. The van der Waals surface area contributed by atoms with Gasteiger partial charge < -0.3 is 0 Å². The second kappa shape index (κ2) is 7.88. The van der Waals surface area contributed by atoms with E-state index in [9.17, 15) is 4.79 Å². The summed E-state index contributed by atoms with van der Waals surface area (Å²) in [4.78, 5) is 12.3. The molecule has 1 aliphatic heterocycles. The van der Waals surface area contributed by atoms with Crippen molar-refractivity contribution < 1.29 is 4.79 Å². The standard InChI is InChI=1S/C27H29OP/c1-19-10-5-7-12-22(19)24-14-9-15-25(23-13-8-6-11-20(23)2)26(24)29-17-16-21(28)18-27(29,3)4/h5-15H,16-18H2,1-4H3. The van der Waals surface area contributed by atoms with Gasteiger partial charge in [-0.15, -0.1) is 0 Å². The van der Waals surface area contributed by atoms with E-state index in [0.29, 0.717) is 18.6 Å². The molecule has 1 heterocycles. The lowest BCUT2D eigenvalue weighted by Gasteiger charge is -2.40. The maximum Gasteiger partial charge on any atom is 0.134 e. The van der Waals surface area contributed by atoms with Gasteiger partial charge in [0.2, 0.25) is 0 Å². The molecule has 1 nitrogen and oxygen atoms in total. The molecule has 0 amide bonds. The first kappa shape index (κ1) is 20.0. The summed E-state index contributed by atoms with van der Waals surface area (Å²) in [5, 5.41) is 1.49. The van der Waals surface area contributed by atoms with Gasteiger partial charge in [0.25, 0.3) is 0 Å². The monoisotopic (exact) mass is 400 g/mol. The van der Waals surface area contributed by atoms with Crippen LogP contribution in [0.3, 0.4) is 0 Å². The van der Waals surface area contributed by atoms with E-state index in [4.69, 9.17) is 0 Å². The zero-order valence-corrected chi connectivity index (χ0v) is 18.7. The first-order valence-corrected chi connectivity index (χ1v) is 12.0. The summed E-state index contributed by atoms with van der Waals surface area (Å²) in [6.07, 6.45) is 2.39.